The number of amides is 1. The van der Waals surface area contributed by atoms with Crippen LogP contribution >= 0.6 is 0 Å². The minimum Gasteiger partial charge on any atom is -0.486 e. The summed E-state index contributed by atoms with van der Waals surface area (Å²) >= 11 is 0. The Balaban J connectivity index is 1.25. The van der Waals surface area contributed by atoms with E-state index in [1.807, 2.05) is 37.3 Å². The molecule has 10 heteroatoms. The Morgan fingerprint density at radius 3 is 2.38 bits per heavy atom. The molecular weight excluding hydrogens is 496 g/mol. The number of esters is 1. The van der Waals surface area contributed by atoms with Crippen molar-refractivity contribution in [2.24, 2.45) is 0 Å². The van der Waals surface area contributed by atoms with Crippen LogP contribution in [0.15, 0.2) is 77.7 Å². The Bertz CT molecular complexity index is 1340. The molecule has 4 rings (SSSR count). The van der Waals surface area contributed by atoms with E-state index in [-0.39, 0.29) is 22.2 Å². The summed E-state index contributed by atoms with van der Waals surface area (Å²) in [5.41, 5.74) is 1.63. The summed E-state index contributed by atoms with van der Waals surface area (Å²) in [5.74, 6) is -0.226. The first-order valence-corrected chi connectivity index (χ1v) is 13.3. The molecule has 0 aromatic heterocycles. The van der Waals surface area contributed by atoms with Gasteiger partial charge in [-0.05, 0) is 61.7 Å². The SMILES string of the molecule is CC(CCc1ccccc1)NC(=O)COC(=O)c1ccc(NS(=O)(=O)c2ccc3c(c2)OCCO3)cc1. The highest BCUT2D eigenvalue weighted by molar-refractivity contribution is 7.92. The number of anilines is 1. The summed E-state index contributed by atoms with van der Waals surface area (Å²) < 4.78 is 43.9. The van der Waals surface area contributed by atoms with Crippen molar-refractivity contribution in [2.45, 2.75) is 30.7 Å². The van der Waals surface area contributed by atoms with Crippen molar-refractivity contribution in [3.8, 4) is 11.5 Å². The summed E-state index contributed by atoms with van der Waals surface area (Å²) in [7, 11) is -3.89. The standard InChI is InChI=1S/C27H28N2O7S/c1-19(7-8-20-5-3-2-4-6-20)28-26(30)18-36-27(31)21-9-11-22(12-10-21)29-37(32,33)23-13-14-24-25(17-23)35-16-15-34-24/h2-6,9-14,17,19,29H,7-8,15-16,18H2,1H3,(H,28,30). The van der Waals surface area contributed by atoms with Gasteiger partial charge in [0.25, 0.3) is 15.9 Å². The number of nitrogens with one attached hydrogen (secondary N) is 2. The Hall–Kier alpha value is -4.05. The van der Waals surface area contributed by atoms with Crippen LogP contribution in [-0.4, -0.2) is 46.2 Å². The van der Waals surface area contributed by atoms with E-state index in [1.54, 1.807) is 6.07 Å². The number of carbonyl (C=O) groups excluding carboxylic acids is 2. The van der Waals surface area contributed by atoms with Crippen LogP contribution in [0, 0.1) is 0 Å². The number of sulfonamides is 1. The highest BCUT2D eigenvalue weighted by Gasteiger charge is 2.20. The second-order valence-corrected chi connectivity index (χ2v) is 10.2. The predicted octanol–water partition coefficient (Wildman–Crippen LogP) is 3.55. The number of benzene rings is 3. The van der Waals surface area contributed by atoms with Crippen LogP contribution in [0.5, 0.6) is 11.5 Å². The Kier molecular flexibility index (Phi) is 8.29. The van der Waals surface area contributed by atoms with Crippen molar-refractivity contribution in [3.63, 3.8) is 0 Å². The molecule has 1 aliphatic heterocycles. The molecule has 2 N–H and O–H groups in total. The van der Waals surface area contributed by atoms with E-state index in [2.05, 4.69) is 10.0 Å². The first-order valence-electron chi connectivity index (χ1n) is 11.8. The zero-order chi connectivity index (χ0) is 26.3. The number of ether oxygens (including phenoxy) is 3. The molecule has 0 spiro atoms. The van der Waals surface area contributed by atoms with Crippen molar-refractivity contribution in [3.05, 3.63) is 83.9 Å². The van der Waals surface area contributed by atoms with E-state index in [9.17, 15) is 18.0 Å². The Morgan fingerprint density at radius 1 is 0.946 bits per heavy atom. The van der Waals surface area contributed by atoms with Crippen molar-refractivity contribution >= 4 is 27.6 Å². The van der Waals surface area contributed by atoms with E-state index in [0.29, 0.717) is 24.7 Å². The van der Waals surface area contributed by atoms with Gasteiger partial charge in [-0.25, -0.2) is 13.2 Å². The van der Waals surface area contributed by atoms with Crippen LogP contribution in [0.4, 0.5) is 5.69 Å². The monoisotopic (exact) mass is 524 g/mol. The molecular formula is C27H28N2O7S. The lowest BCUT2D eigenvalue weighted by Gasteiger charge is -2.19. The molecule has 0 bridgehead atoms. The lowest BCUT2D eigenvalue weighted by Crippen LogP contribution is -2.36. The van der Waals surface area contributed by atoms with Gasteiger partial charge < -0.3 is 19.5 Å². The van der Waals surface area contributed by atoms with Crippen molar-refractivity contribution in [2.75, 3.05) is 24.5 Å². The van der Waals surface area contributed by atoms with Gasteiger partial charge in [-0.1, -0.05) is 30.3 Å². The van der Waals surface area contributed by atoms with Gasteiger partial charge >= 0.3 is 5.97 Å². The zero-order valence-electron chi connectivity index (χ0n) is 20.3. The molecule has 0 aliphatic carbocycles. The second kappa shape index (κ2) is 11.8. The molecule has 0 radical (unpaired) electrons. The molecule has 0 saturated heterocycles. The van der Waals surface area contributed by atoms with Gasteiger partial charge in [-0.2, -0.15) is 0 Å². The van der Waals surface area contributed by atoms with Crippen LogP contribution in [0.1, 0.15) is 29.3 Å². The average Bonchev–Trinajstić information content (AvgIpc) is 2.91. The number of aryl methyl sites for hydroxylation is 1. The predicted molar refractivity (Wildman–Crippen MR) is 137 cm³/mol. The van der Waals surface area contributed by atoms with Crippen molar-refractivity contribution in [1.82, 2.24) is 5.32 Å². The quantitative estimate of drug-likeness (QED) is 0.389. The second-order valence-electron chi connectivity index (χ2n) is 8.56. The van der Waals surface area contributed by atoms with Gasteiger partial charge in [0, 0.05) is 17.8 Å². The lowest BCUT2D eigenvalue weighted by atomic mass is 10.1. The van der Waals surface area contributed by atoms with Gasteiger partial charge in [0.2, 0.25) is 0 Å². The maximum atomic E-state index is 12.8. The molecule has 0 saturated carbocycles. The van der Waals surface area contributed by atoms with Crippen LogP contribution in [0.3, 0.4) is 0 Å². The molecule has 37 heavy (non-hydrogen) atoms. The maximum Gasteiger partial charge on any atom is 0.338 e. The fourth-order valence-electron chi connectivity index (χ4n) is 3.71. The van der Waals surface area contributed by atoms with Gasteiger partial charge in [0.05, 0.1) is 10.5 Å². The molecule has 1 aliphatic rings. The summed E-state index contributed by atoms with van der Waals surface area (Å²) in [5, 5.41) is 2.82. The summed E-state index contributed by atoms with van der Waals surface area (Å²) in [6.07, 6.45) is 1.58. The fourth-order valence-corrected chi connectivity index (χ4v) is 4.78. The number of carbonyl (C=O) groups is 2. The number of hydrogen-bond acceptors (Lipinski definition) is 7. The van der Waals surface area contributed by atoms with Crippen molar-refractivity contribution in [1.29, 1.82) is 0 Å². The van der Waals surface area contributed by atoms with Gasteiger partial charge in [-0.15, -0.1) is 0 Å². The van der Waals surface area contributed by atoms with Crippen LogP contribution < -0.4 is 19.5 Å². The minimum absolute atomic E-state index is 0.0178. The third kappa shape index (κ3) is 7.23. The highest BCUT2D eigenvalue weighted by atomic mass is 32.2. The minimum atomic E-state index is -3.89. The normalized spacial score (nSPS) is 13.3. The summed E-state index contributed by atoms with van der Waals surface area (Å²) in [6, 6.07) is 20.0. The largest absolute Gasteiger partial charge is 0.486 e. The Morgan fingerprint density at radius 2 is 1.65 bits per heavy atom. The highest BCUT2D eigenvalue weighted by Crippen LogP contribution is 2.32. The van der Waals surface area contributed by atoms with Crippen LogP contribution in [-0.2, 0) is 26.0 Å². The molecule has 9 nitrogen and oxygen atoms in total. The summed E-state index contributed by atoms with van der Waals surface area (Å²) in [4.78, 5) is 24.5. The lowest BCUT2D eigenvalue weighted by molar-refractivity contribution is -0.124. The Labute approximate surface area is 215 Å². The van der Waals surface area contributed by atoms with E-state index in [0.717, 1.165) is 12.8 Å². The molecule has 3 aromatic rings. The first kappa shape index (κ1) is 26.0. The summed E-state index contributed by atoms with van der Waals surface area (Å²) in [6.45, 7) is 2.24. The third-order valence-electron chi connectivity index (χ3n) is 5.65. The third-order valence-corrected chi connectivity index (χ3v) is 7.03. The van der Waals surface area contributed by atoms with Gasteiger partial charge in [0.15, 0.2) is 18.1 Å². The zero-order valence-corrected chi connectivity index (χ0v) is 21.1. The van der Waals surface area contributed by atoms with E-state index >= 15 is 0 Å². The molecule has 3 aromatic carbocycles. The number of fused-ring (bicyclic) bond motifs is 1. The smallest absolute Gasteiger partial charge is 0.338 e. The van der Waals surface area contributed by atoms with Crippen LogP contribution in [0.2, 0.25) is 0 Å². The first-order chi connectivity index (χ1) is 17.8. The molecule has 1 unspecified atom stereocenters. The molecule has 1 amide bonds. The van der Waals surface area contributed by atoms with E-state index in [4.69, 9.17) is 14.2 Å². The topological polar surface area (TPSA) is 120 Å². The molecule has 194 valence electrons. The maximum absolute atomic E-state index is 12.8. The van der Waals surface area contributed by atoms with Gasteiger partial charge in [-0.3, -0.25) is 9.52 Å². The van der Waals surface area contributed by atoms with E-state index in [1.165, 1.54) is 42.0 Å². The number of rotatable bonds is 10. The van der Waals surface area contributed by atoms with Crippen molar-refractivity contribution < 1.29 is 32.2 Å². The molecule has 1 heterocycles. The van der Waals surface area contributed by atoms with E-state index < -0.39 is 28.5 Å². The molecule has 0 fully saturated rings. The van der Waals surface area contributed by atoms with Gasteiger partial charge in [0.1, 0.15) is 13.2 Å². The number of hydrogen-bond donors (Lipinski definition) is 2. The fraction of sp³-hybridized carbons (Fsp3) is 0.259. The average molecular weight is 525 g/mol. The van der Waals surface area contributed by atoms with Crippen LogP contribution in [0.25, 0.3) is 0 Å². The molecule has 1 atom stereocenters.